The van der Waals surface area contributed by atoms with E-state index in [4.69, 9.17) is 14.2 Å². The predicted octanol–water partition coefficient (Wildman–Crippen LogP) is 2.96. The first kappa shape index (κ1) is 20.9. The summed E-state index contributed by atoms with van der Waals surface area (Å²) >= 11 is 0. The smallest absolute Gasteiger partial charge is 0.357 e. The van der Waals surface area contributed by atoms with Gasteiger partial charge in [-0.25, -0.2) is 4.79 Å². The molecule has 0 bridgehead atoms. The first-order chi connectivity index (χ1) is 14.5. The number of benzene rings is 2. The average Bonchev–Trinajstić information content (AvgIpc) is 3.28. The van der Waals surface area contributed by atoms with E-state index in [1.54, 1.807) is 32.4 Å². The number of nitrogens with one attached hydrogen (secondary N) is 2. The maximum absolute atomic E-state index is 12.3. The molecular weight excluding hydrogens is 386 g/mol. The van der Waals surface area contributed by atoms with Gasteiger partial charge in [-0.05, 0) is 30.7 Å². The number of esters is 1. The normalized spacial score (nSPS) is 11.4. The van der Waals surface area contributed by atoms with E-state index in [-0.39, 0.29) is 12.2 Å². The fourth-order valence-electron chi connectivity index (χ4n) is 2.78. The number of carbonyl (C=O) groups excluding carboxylic acids is 2. The molecule has 1 aromatic heterocycles. The molecule has 0 fully saturated rings. The van der Waals surface area contributed by atoms with Gasteiger partial charge in [-0.2, -0.15) is 5.10 Å². The van der Waals surface area contributed by atoms with Crippen LogP contribution in [0.2, 0.25) is 0 Å². The molecule has 1 heterocycles. The van der Waals surface area contributed by atoms with E-state index < -0.39 is 18.0 Å². The van der Waals surface area contributed by atoms with E-state index in [0.717, 1.165) is 11.1 Å². The fraction of sp³-hybridized carbons (Fsp3) is 0.227. The minimum atomic E-state index is -0.971. The van der Waals surface area contributed by atoms with Crippen LogP contribution in [0.4, 0.5) is 0 Å². The number of amides is 1. The van der Waals surface area contributed by atoms with Crippen LogP contribution in [-0.4, -0.2) is 42.4 Å². The number of hydrogen-bond acceptors (Lipinski definition) is 6. The lowest BCUT2D eigenvalue weighted by molar-refractivity contribution is -0.129. The number of aromatic amines is 1. The molecule has 0 aliphatic rings. The molecule has 2 N–H and O–H groups in total. The number of hydrogen-bond donors (Lipinski definition) is 2. The molecule has 30 heavy (non-hydrogen) atoms. The van der Waals surface area contributed by atoms with Crippen LogP contribution in [0.5, 0.6) is 11.5 Å². The number of ether oxygens (including phenoxy) is 3. The number of nitrogens with zero attached hydrogens (tertiary/aromatic N) is 1. The molecule has 0 aliphatic carbocycles. The minimum Gasteiger partial charge on any atom is -0.493 e. The van der Waals surface area contributed by atoms with Crippen LogP contribution in [0.25, 0.3) is 11.3 Å². The molecule has 8 heteroatoms. The van der Waals surface area contributed by atoms with Crippen molar-refractivity contribution in [3.8, 4) is 22.8 Å². The van der Waals surface area contributed by atoms with Gasteiger partial charge < -0.3 is 19.5 Å². The van der Waals surface area contributed by atoms with Gasteiger partial charge in [-0.3, -0.25) is 9.89 Å². The SMILES string of the molecule is COc1ccc(CNC(=O)[C@H](C)OC(=O)c2cc(-c3ccccc3)n[nH]2)cc1OC. The Hall–Kier alpha value is -3.81. The van der Waals surface area contributed by atoms with Crippen molar-refractivity contribution < 1.29 is 23.8 Å². The molecule has 2 aromatic carbocycles. The van der Waals surface area contributed by atoms with Crippen LogP contribution in [-0.2, 0) is 16.1 Å². The summed E-state index contributed by atoms with van der Waals surface area (Å²) in [6.45, 7) is 1.76. The largest absolute Gasteiger partial charge is 0.493 e. The van der Waals surface area contributed by atoms with Crippen LogP contribution in [0.1, 0.15) is 23.0 Å². The zero-order valence-corrected chi connectivity index (χ0v) is 17.0. The lowest BCUT2D eigenvalue weighted by atomic mass is 10.1. The Morgan fingerprint density at radius 2 is 1.77 bits per heavy atom. The monoisotopic (exact) mass is 409 g/mol. The maximum Gasteiger partial charge on any atom is 0.357 e. The number of carbonyl (C=O) groups is 2. The Balaban J connectivity index is 1.55. The molecule has 0 unspecified atom stereocenters. The predicted molar refractivity (Wildman–Crippen MR) is 110 cm³/mol. The zero-order chi connectivity index (χ0) is 21.5. The summed E-state index contributed by atoms with van der Waals surface area (Å²) in [6.07, 6.45) is -0.971. The lowest BCUT2D eigenvalue weighted by Crippen LogP contribution is -2.35. The van der Waals surface area contributed by atoms with Crippen LogP contribution >= 0.6 is 0 Å². The van der Waals surface area contributed by atoms with Crippen LogP contribution in [0.15, 0.2) is 54.6 Å². The Bertz CT molecular complexity index is 1020. The van der Waals surface area contributed by atoms with Crippen molar-refractivity contribution in [1.82, 2.24) is 15.5 Å². The van der Waals surface area contributed by atoms with Gasteiger partial charge in [-0.1, -0.05) is 36.4 Å². The minimum absolute atomic E-state index is 0.174. The topological polar surface area (TPSA) is 103 Å². The molecule has 1 atom stereocenters. The van der Waals surface area contributed by atoms with E-state index in [9.17, 15) is 9.59 Å². The van der Waals surface area contributed by atoms with Gasteiger partial charge in [0.25, 0.3) is 5.91 Å². The number of rotatable bonds is 8. The molecule has 3 rings (SSSR count). The lowest BCUT2D eigenvalue weighted by Gasteiger charge is -2.14. The highest BCUT2D eigenvalue weighted by Gasteiger charge is 2.20. The summed E-state index contributed by atoms with van der Waals surface area (Å²) in [7, 11) is 3.10. The van der Waals surface area contributed by atoms with Crippen molar-refractivity contribution in [3.63, 3.8) is 0 Å². The van der Waals surface area contributed by atoms with E-state index in [1.165, 1.54) is 6.92 Å². The van der Waals surface area contributed by atoms with E-state index in [2.05, 4.69) is 15.5 Å². The highest BCUT2D eigenvalue weighted by atomic mass is 16.5. The highest BCUT2D eigenvalue weighted by molar-refractivity contribution is 5.91. The number of H-pyrrole nitrogens is 1. The molecule has 0 saturated heterocycles. The Morgan fingerprint density at radius 1 is 1.03 bits per heavy atom. The first-order valence-corrected chi connectivity index (χ1v) is 9.32. The number of methoxy groups -OCH3 is 2. The van der Waals surface area contributed by atoms with Crippen LogP contribution in [0, 0.1) is 0 Å². The molecule has 0 aliphatic heterocycles. The maximum atomic E-state index is 12.3. The second-order valence-corrected chi connectivity index (χ2v) is 6.49. The van der Waals surface area contributed by atoms with Crippen LogP contribution < -0.4 is 14.8 Å². The number of aromatic nitrogens is 2. The summed E-state index contributed by atoms with van der Waals surface area (Å²) in [5.41, 5.74) is 2.48. The molecule has 3 aromatic rings. The van der Waals surface area contributed by atoms with Crippen molar-refractivity contribution in [2.75, 3.05) is 14.2 Å². The summed E-state index contributed by atoms with van der Waals surface area (Å²) in [4.78, 5) is 24.6. The van der Waals surface area contributed by atoms with E-state index in [1.807, 2.05) is 36.4 Å². The average molecular weight is 409 g/mol. The van der Waals surface area contributed by atoms with Gasteiger partial charge in [0.2, 0.25) is 0 Å². The molecule has 156 valence electrons. The molecule has 1 amide bonds. The van der Waals surface area contributed by atoms with Crippen molar-refractivity contribution in [3.05, 3.63) is 65.9 Å². The zero-order valence-electron chi connectivity index (χ0n) is 17.0. The molecule has 0 saturated carbocycles. The van der Waals surface area contributed by atoms with Crippen molar-refractivity contribution in [2.45, 2.75) is 19.6 Å². The van der Waals surface area contributed by atoms with Crippen LogP contribution in [0.3, 0.4) is 0 Å². The van der Waals surface area contributed by atoms with Gasteiger partial charge in [0.05, 0.1) is 19.9 Å². The van der Waals surface area contributed by atoms with Crippen molar-refractivity contribution >= 4 is 11.9 Å². The molecule has 8 nitrogen and oxygen atoms in total. The molecular formula is C22H23N3O5. The Kier molecular flexibility index (Phi) is 6.69. The highest BCUT2D eigenvalue weighted by Crippen LogP contribution is 2.27. The second-order valence-electron chi connectivity index (χ2n) is 6.49. The van der Waals surface area contributed by atoms with E-state index in [0.29, 0.717) is 17.2 Å². The third-order valence-electron chi connectivity index (χ3n) is 4.44. The molecule has 0 spiro atoms. The van der Waals surface area contributed by atoms with Gasteiger partial charge >= 0.3 is 5.97 Å². The third-order valence-corrected chi connectivity index (χ3v) is 4.44. The van der Waals surface area contributed by atoms with Gasteiger partial charge in [0, 0.05) is 12.1 Å². The first-order valence-electron chi connectivity index (χ1n) is 9.32. The summed E-state index contributed by atoms with van der Waals surface area (Å²) in [5, 5.41) is 9.50. The standard InChI is InChI=1S/C22H23N3O5/c1-14(21(26)23-13-15-9-10-19(28-2)20(11-15)29-3)30-22(27)18-12-17(24-25-18)16-7-5-4-6-8-16/h4-12,14H,13H2,1-3H3,(H,23,26)(H,24,25)/t14-/m0/s1. The van der Waals surface area contributed by atoms with Gasteiger partial charge in [-0.15, -0.1) is 0 Å². The fourth-order valence-corrected chi connectivity index (χ4v) is 2.78. The Morgan fingerprint density at radius 3 is 2.47 bits per heavy atom. The second kappa shape index (κ2) is 9.60. The van der Waals surface area contributed by atoms with Crippen molar-refractivity contribution in [2.24, 2.45) is 0 Å². The van der Waals surface area contributed by atoms with Gasteiger partial charge in [0.1, 0.15) is 5.69 Å². The van der Waals surface area contributed by atoms with Gasteiger partial charge in [0.15, 0.2) is 17.6 Å². The summed E-state index contributed by atoms with van der Waals surface area (Å²) in [5.74, 6) is 0.0980. The van der Waals surface area contributed by atoms with Crippen molar-refractivity contribution in [1.29, 1.82) is 0 Å². The quantitative estimate of drug-likeness (QED) is 0.555. The summed E-state index contributed by atoms with van der Waals surface area (Å²) < 4.78 is 15.7. The summed E-state index contributed by atoms with van der Waals surface area (Å²) in [6, 6.07) is 16.4. The Labute approximate surface area is 174 Å². The van der Waals surface area contributed by atoms with E-state index >= 15 is 0 Å². The third kappa shape index (κ3) is 4.96. The molecule has 0 radical (unpaired) electrons.